The summed E-state index contributed by atoms with van der Waals surface area (Å²) >= 11 is 0. The summed E-state index contributed by atoms with van der Waals surface area (Å²) in [5.74, 6) is 1.99. The van der Waals surface area contributed by atoms with Crippen LogP contribution in [0.15, 0.2) is 157 Å². The van der Waals surface area contributed by atoms with E-state index in [-0.39, 0.29) is 5.41 Å². The van der Waals surface area contributed by atoms with E-state index in [1.54, 1.807) is 0 Å². The van der Waals surface area contributed by atoms with Crippen molar-refractivity contribution in [3.63, 3.8) is 0 Å². The molecule has 0 saturated heterocycles. The largest absolute Gasteiger partial charge is 0.208 e. The zero-order valence-electron chi connectivity index (χ0n) is 25.5. The van der Waals surface area contributed by atoms with Gasteiger partial charge in [0.25, 0.3) is 0 Å². The number of fused-ring (bicyclic) bond motifs is 1. The van der Waals surface area contributed by atoms with Gasteiger partial charge in [-0.05, 0) is 53.0 Å². The van der Waals surface area contributed by atoms with E-state index >= 15 is 0 Å². The molecule has 216 valence electrons. The maximum absolute atomic E-state index is 4.91. The topological polar surface area (TPSA) is 38.7 Å². The summed E-state index contributed by atoms with van der Waals surface area (Å²) in [5, 5.41) is 2.47. The molecule has 6 aromatic rings. The fraction of sp³-hybridized carbons (Fsp3) is 0.119. The van der Waals surface area contributed by atoms with E-state index in [1.807, 2.05) is 60.7 Å². The van der Waals surface area contributed by atoms with Crippen molar-refractivity contribution < 1.29 is 0 Å². The summed E-state index contributed by atoms with van der Waals surface area (Å²) in [4.78, 5) is 14.7. The van der Waals surface area contributed by atoms with Gasteiger partial charge in [0.2, 0.25) is 0 Å². The molecule has 1 aromatic heterocycles. The zero-order valence-corrected chi connectivity index (χ0v) is 25.5. The minimum atomic E-state index is -0.180. The van der Waals surface area contributed by atoms with Gasteiger partial charge in [-0.15, -0.1) is 0 Å². The molecule has 0 atom stereocenters. The number of rotatable bonds is 8. The minimum Gasteiger partial charge on any atom is -0.208 e. The number of benzene rings is 5. The van der Waals surface area contributed by atoms with Gasteiger partial charge in [0.05, 0.1) is 0 Å². The van der Waals surface area contributed by atoms with E-state index in [0.717, 1.165) is 46.2 Å². The highest BCUT2D eigenvalue weighted by molar-refractivity contribution is 5.88. The first kappa shape index (κ1) is 28.2. The molecule has 45 heavy (non-hydrogen) atoms. The van der Waals surface area contributed by atoms with Crippen LogP contribution in [0, 0.1) is 0 Å². The first-order valence-electron chi connectivity index (χ1n) is 15.6. The molecule has 0 amide bonds. The van der Waals surface area contributed by atoms with Crippen molar-refractivity contribution in [2.75, 3.05) is 0 Å². The lowest BCUT2D eigenvalue weighted by Crippen LogP contribution is -2.26. The van der Waals surface area contributed by atoms with E-state index in [9.17, 15) is 0 Å². The van der Waals surface area contributed by atoms with Crippen LogP contribution < -0.4 is 0 Å². The van der Waals surface area contributed by atoms with Gasteiger partial charge in [-0.25, -0.2) is 15.0 Å². The van der Waals surface area contributed by atoms with E-state index in [0.29, 0.717) is 17.5 Å². The Morgan fingerprint density at radius 2 is 1.00 bits per heavy atom. The molecule has 1 aliphatic rings. The van der Waals surface area contributed by atoms with Crippen LogP contribution in [0.5, 0.6) is 0 Å². The second kappa shape index (κ2) is 12.2. The molecule has 1 aliphatic carbocycles. The molecule has 0 saturated carbocycles. The van der Waals surface area contributed by atoms with Crippen LogP contribution in [0.1, 0.15) is 37.8 Å². The van der Waals surface area contributed by atoms with Crippen LogP contribution in [0.2, 0.25) is 0 Å². The van der Waals surface area contributed by atoms with Gasteiger partial charge in [-0.2, -0.15) is 0 Å². The average Bonchev–Trinajstić information content (AvgIpc) is 3.13. The van der Waals surface area contributed by atoms with Gasteiger partial charge in [0, 0.05) is 33.3 Å². The molecule has 0 radical (unpaired) electrons. The molecule has 3 heteroatoms. The summed E-state index contributed by atoms with van der Waals surface area (Å²) in [6.45, 7) is 4.51. The third-order valence-electron chi connectivity index (χ3n) is 8.93. The summed E-state index contributed by atoms with van der Waals surface area (Å²) in [6, 6.07) is 43.9. The standard InChI is InChI=1S/C42H33N3/c1-3-42(4-2,37-25-21-31(22-26-37)36-20-19-30-13-11-12-18-35(30)29-36)38-27-23-34(24-28-38)41-44-39(32-14-7-5-8-15-32)43-40(45-41)33-16-9-6-10-17-33/h5-21,23-25,27-29H,3-4H2,1-2H3. The number of hydrogen-bond acceptors (Lipinski definition) is 3. The van der Waals surface area contributed by atoms with Crippen LogP contribution in [0.3, 0.4) is 0 Å². The van der Waals surface area contributed by atoms with Crippen molar-refractivity contribution >= 4 is 16.3 Å². The van der Waals surface area contributed by atoms with Crippen LogP contribution in [-0.2, 0) is 5.41 Å². The average molecular weight is 580 g/mol. The number of nitrogens with zero attached hydrogens (tertiary/aromatic N) is 3. The van der Waals surface area contributed by atoms with Crippen LogP contribution in [0.4, 0.5) is 0 Å². The van der Waals surface area contributed by atoms with Gasteiger partial charge in [-0.1, -0.05) is 147 Å². The van der Waals surface area contributed by atoms with Crippen molar-refractivity contribution in [1.29, 1.82) is 0 Å². The number of allylic oxidation sites excluding steroid dienone is 4. The van der Waals surface area contributed by atoms with Crippen molar-refractivity contribution in [1.82, 2.24) is 15.0 Å². The second-order valence-corrected chi connectivity index (χ2v) is 11.4. The fourth-order valence-electron chi connectivity index (χ4n) is 6.26. The molecular formula is C42H33N3. The molecule has 0 unspecified atom stereocenters. The lowest BCUT2D eigenvalue weighted by atomic mass is 9.69. The van der Waals surface area contributed by atoms with Gasteiger partial charge in [0.1, 0.15) is 0 Å². The van der Waals surface area contributed by atoms with Crippen LogP contribution in [0.25, 0.3) is 50.5 Å². The Balaban J connectivity index is 1.26. The zero-order chi connectivity index (χ0) is 30.6. The number of aromatic nitrogens is 3. The molecule has 0 fully saturated rings. The highest BCUT2D eigenvalue weighted by Crippen LogP contribution is 2.41. The van der Waals surface area contributed by atoms with E-state index in [2.05, 4.69) is 104 Å². The Hall–Kier alpha value is -5.59. The Morgan fingerprint density at radius 3 is 1.53 bits per heavy atom. The van der Waals surface area contributed by atoms with E-state index < -0.39 is 0 Å². The molecule has 1 heterocycles. The van der Waals surface area contributed by atoms with Gasteiger partial charge < -0.3 is 0 Å². The predicted molar refractivity (Wildman–Crippen MR) is 185 cm³/mol. The predicted octanol–water partition coefficient (Wildman–Crippen LogP) is 10.4. The lowest BCUT2D eigenvalue weighted by molar-refractivity contribution is 0.478. The maximum atomic E-state index is 4.91. The highest BCUT2D eigenvalue weighted by Gasteiger charge is 2.32. The summed E-state index contributed by atoms with van der Waals surface area (Å²) in [7, 11) is 0. The monoisotopic (exact) mass is 579 g/mol. The van der Waals surface area contributed by atoms with E-state index in [1.165, 1.54) is 16.3 Å². The first-order valence-corrected chi connectivity index (χ1v) is 15.6. The van der Waals surface area contributed by atoms with Crippen molar-refractivity contribution in [3.05, 3.63) is 168 Å². The number of hydrogen-bond donors (Lipinski definition) is 0. The Bertz CT molecular complexity index is 2070. The molecule has 3 nitrogen and oxygen atoms in total. The molecule has 0 bridgehead atoms. The van der Waals surface area contributed by atoms with Gasteiger partial charge in [-0.3, -0.25) is 0 Å². The lowest BCUT2D eigenvalue weighted by Gasteiger charge is -2.33. The van der Waals surface area contributed by atoms with Crippen molar-refractivity contribution in [3.8, 4) is 34.2 Å². The molecular weight excluding hydrogens is 546 g/mol. The minimum absolute atomic E-state index is 0.180. The summed E-state index contributed by atoms with van der Waals surface area (Å²) in [6.07, 6.45) is 6.31. The van der Waals surface area contributed by atoms with Crippen molar-refractivity contribution in [2.45, 2.75) is 32.1 Å². The van der Waals surface area contributed by atoms with E-state index in [4.69, 9.17) is 15.0 Å². The molecule has 7 rings (SSSR count). The summed E-state index contributed by atoms with van der Waals surface area (Å²) in [5.41, 5.74) is 14.4. The first-order chi connectivity index (χ1) is 22.2. The Kier molecular flexibility index (Phi) is 7.64. The normalized spacial score (nSPS) is 12.7. The smallest absolute Gasteiger partial charge is 0.164 e. The third kappa shape index (κ3) is 5.48. The van der Waals surface area contributed by atoms with Gasteiger partial charge in [0.15, 0.2) is 17.5 Å². The summed E-state index contributed by atoms with van der Waals surface area (Å²) < 4.78 is 0. The quantitative estimate of drug-likeness (QED) is 0.168. The van der Waals surface area contributed by atoms with Crippen LogP contribution in [-0.4, -0.2) is 15.0 Å². The van der Waals surface area contributed by atoms with Gasteiger partial charge >= 0.3 is 0 Å². The molecule has 0 spiro atoms. The molecule has 0 aliphatic heterocycles. The maximum Gasteiger partial charge on any atom is 0.164 e. The fourth-order valence-corrected chi connectivity index (χ4v) is 6.26. The Morgan fingerprint density at radius 1 is 0.489 bits per heavy atom. The Labute approximate surface area is 264 Å². The van der Waals surface area contributed by atoms with Crippen molar-refractivity contribution in [2.24, 2.45) is 0 Å². The molecule has 5 aromatic carbocycles. The highest BCUT2D eigenvalue weighted by atomic mass is 15.0. The SMILES string of the molecule is CCC(CC)(C1=C=C=C(c2ccc3ccccc3c2)C=C1)c1ccc(-c2nc(-c3ccccc3)nc(-c3ccccc3)n2)cc1. The second-order valence-electron chi connectivity index (χ2n) is 11.4. The molecule has 0 N–H and O–H groups in total. The van der Waals surface area contributed by atoms with Crippen LogP contribution >= 0.6 is 0 Å². The third-order valence-corrected chi connectivity index (χ3v) is 8.93.